The maximum Gasteiger partial charge on any atom is 0.171 e. The number of rotatable bonds is 5. The number of ether oxygens (including phenoxy) is 1. The van der Waals surface area contributed by atoms with Crippen LogP contribution in [-0.4, -0.2) is 11.7 Å². The lowest BCUT2D eigenvalue weighted by atomic mass is 10.1. The number of benzene rings is 2. The Morgan fingerprint density at radius 3 is 2.57 bits per heavy atom. The van der Waals surface area contributed by atoms with Crippen molar-refractivity contribution in [3.63, 3.8) is 0 Å². The number of hydrogen-bond donors (Lipinski definition) is 2. The highest BCUT2D eigenvalue weighted by molar-refractivity contribution is 7.80. The van der Waals surface area contributed by atoms with Gasteiger partial charge < -0.3 is 15.4 Å². The van der Waals surface area contributed by atoms with Gasteiger partial charge in [0.05, 0.1) is 12.6 Å². The van der Waals surface area contributed by atoms with Crippen LogP contribution in [0.1, 0.15) is 31.0 Å². The van der Waals surface area contributed by atoms with E-state index in [0.29, 0.717) is 11.7 Å². The molecule has 0 heterocycles. The molecule has 0 bridgehead atoms. The number of thiocarbonyl (C=S) groups is 1. The lowest BCUT2D eigenvalue weighted by molar-refractivity contribution is 0.340. The van der Waals surface area contributed by atoms with Crippen LogP contribution in [0.2, 0.25) is 5.02 Å². The maximum atomic E-state index is 6.12. The SMILES string of the molecule is CCOc1ccc(C(C)NC(=S)Nc2cccc(Cl)c2C)cc1. The molecule has 0 aliphatic heterocycles. The summed E-state index contributed by atoms with van der Waals surface area (Å²) in [5.74, 6) is 0.874. The molecule has 0 fully saturated rings. The van der Waals surface area contributed by atoms with Gasteiger partial charge in [-0.2, -0.15) is 0 Å². The fourth-order valence-corrected chi connectivity index (χ4v) is 2.66. The molecule has 1 unspecified atom stereocenters. The summed E-state index contributed by atoms with van der Waals surface area (Å²) in [6.45, 7) is 6.66. The Morgan fingerprint density at radius 2 is 1.91 bits per heavy atom. The van der Waals surface area contributed by atoms with Crippen molar-refractivity contribution in [2.75, 3.05) is 11.9 Å². The largest absolute Gasteiger partial charge is 0.494 e. The van der Waals surface area contributed by atoms with Crippen LogP contribution in [0.25, 0.3) is 0 Å². The molecule has 2 aromatic carbocycles. The second kappa shape index (κ2) is 8.18. The van der Waals surface area contributed by atoms with Crippen molar-refractivity contribution in [3.8, 4) is 5.75 Å². The Hall–Kier alpha value is -1.78. The van der Waals surface area contributed by atoms with E-state index in [4.69, 9.17) is 28.6 Å². The summed E-state index contributed by atoms with van der Waals surface area (Å²) in [7, 11) is 0. The molecule has 2 N–H and O–H groups in total. The zero-order valence-corrected chi connectivity index (χ0v) is 15.1. The first kappa shape index (κ1) is 17.6. The molecule has 0 aromatic heterocycles. The van der Waals surface area contributed by atoms with Gasteiger partial charge in [0, 0.05) is 10.7 Å². The molecule has 23 heavy (non-hydrogen) atoms. The zero-order chi connectivity index (χ0) is 16.8. The van der Waals surface area contributed by atoms with E-state index in [1.807, 2.05) is 56.3 Å². The Kier molecular flexibility index (Phi) is 6.25. The van der Waals surface area contributed by atoms with Gasteiger partial charge in [-0.1, -0.05) is 29.8 Å². The van der Waals surface area contributed by atoms with Gasteiger partial charge in [-0.15, -0.1) is 0 Å². The maximum absolute atomic E-state index is 6.12. The lowest BCUT2D eigenvalue weighted by Gasteiger charge is -2.19. The molecule has 5 heteroatoms. The smallest absolute Gasteiger partial charge is 0.171 e. The molecule has 1 atom stereocenters. The summed E-state index contributed by atoms with van der Waals surface area (Å²) in [5.41, 5.74) is 3.03. The van der Waals surface area contributed by atoms with Gasteiger partial charge in [-0.3, -0.25) is 0 Å². The Labute approximate surface area is 148 Å². The van der Waals surface area contributed by atoms with Crippen LogP contribution in [0.5, 0.6) is 5.75 Å². The molecule has 2 rings (SSSR count). The molecule has 0 aliphatic carbocycles. The standard InChI is InChI=1S/C18H21ClN2OS/c1-4-22-15-10-8-14(9-11-15)13(3)20-18(23)21-17-7-5-6-16(19)12(17)2/h5-11,13H,4H2,1-3H3,(H2,20,21,23). The predicted octanol–water partition coefficient (Wildman–Crippen LogP) is 5.09. The molecular weight excluding hydrogens is 328 g/mol. The van der Waals surface area contributed by atoms with Gasteiger partial charge in [-0.05, 0) is 68.4 Å². The summed E-state index contributed by atoms with van der Waals surface area (Å²) in [5, 5.41) is 7.76. The molecule has 0 aliphatic rings. The topological polar surface area (TPSA) is 33.3 Å². The first-order chi connectivity index (χ1) is 11.0. The van der Waals surface area contributed by atoms with E-state index >= 15 is 0 Å². The molecule has 0 amide bonds. The van der Waals surface area contributed by atoms with E-state index in [1.165, 1.54) is 0 Å². The van der Waals surface area contributed by atoms with E-state index in [2.05, 4.69) is 17.6 Å². The van der Waals surface area contributed by atoms with Gasteiger partial charge in [0.15, 0.2) is 5.11 Å². The highest BCUT2D eigenvalue weighted by atomic mass is 35.5. The Balaban J connectivity index is 1.97. The summed E-state index contributed by atoms with van der Waals surface area (Å²) in [6.07, 6.45) is 0. The monoisotopic (exact) mass is 348 g/mol. The second-order valence-electron chi connectivity index (χ2n) is 5.23. The highest BCUT2D eigenvalue weighted by Crippen LogP contribution is 2.23. The van der Waals surface area contributed by atoms with Crippen LogP contribution in [0.15, 0.2) is 42.5 Å². The van der Waals surface area contributed by atoms with Crippen LogP contribution < -0.4 is 15.4 Å². The van der Waals surface area contributed by atoms with Crippen molar-refractivity contribution in [2.45, 2.75) is 26.8 Å². The fourth-order valence-electron chi connectivity index (χ4n) is 2.20. The first-order valence-corrected chi connectivity index (χ1v) is 8.35. The van der Waals surface area contributed by atoms with E-state index in [9.17, 15) is 0 Å². The molecule has 3 nitrogen and oxygen atoms in total. The van der Waals surface area contributed by atoms with Crippen molar-refractivity contribution in [1.29, 1.82) is 0 Å². The van der Waals surface area contributed by atoms with Crippen LogP contribution in [-0.2, 0) is 0 Å². The fraction of sp³-hybridized carbons (Fsp3) is 0.278. The number of hydrogen-bond acceptors (Lipinski definition) is 2. The summed E-state index contributed by atoms with van der Waals surface area (Å²) in [4.78, 5) is 0. The molecule has 2 aromatic rings. The van der Waals surface area contributed by atoms with Gasteiger partial charge in [0.1, 0.15) is 5.75 Å². The van der Waals surface area contributed by atoms with Crippen molar-refractivity contribution in [2.24, 2.45) is 0 Å². The third-order valence-corrected chi connectivity index (χ3v) is 4.18. The highest BCUT2D eigenvalue weighted by Gasteiger charge is 2.09. The van der Waals surface area contributed by atoms with E-state index in [0.717, 1.165) is 27.6 Å². The lowest BCUT2D eigenvalue weighted by Crippen LogP contribution is -2.31. The van der Waals surface area contributed by atoms with Gasteiger partial charge in [0.2, 0.25) is 0 Å². The van der Waals surface area contributed by atoms with Crippen molar-refractivity contribution in [1.82, 2.24) is 5.32 Å². The molecule has 0 spiro atoms. The van der Waals surface area contributed by atoms with Crippen LogP contribution in [0, 0.1) is 6.92 Å². The van der Waals surface area contributed by atoms with Crippen LogP contribution in [0.4, 0.5) is 5.69 Å². The minimum absolute atomic E-state index is 0.0881. The average Bonchev–Trinajstić information content (AvgIpc) is 2.53. The number of anilines is 1. The normalized spacial score (nSPS) is 11.7. The van der Waals surface area contributed by atoms with E-state index in [-0.39, 0.29) is 6.04 Å². The van der Waals surface area contributed by atoms with Gasteiger partial charge in [0.25, 0.3) is 0 Å². The summed E-state index contributed by atoms with van der Waals surface area (Å²) >= 11 is 11.5. The molecule has 0 saturated carbocycles. The Bertz CT molecular complexity index is 673. The molecular formula is C18H21ClN2OS. The van der Waals surface area contributed by atoms with Gasteiger partial charge >= 0.3 is 0 Å². The third kappa shape index (κ3) is 4.85. The second-order valence-corrected chi connectivity index (χ2v) is 6.05. The third-order valence-electron chi connectivity index (χ3n) is 3.55. The molecule has 122 valence electrons. The van der Waals surface area contributed by atoms with Crippen molar-refractivity contribution in [3.05, 3.63) is 58.6 Å². The van der Waals surface area contributed by atoms with E-state index in [1.54, 1.807) is 0 Å². The first-order valence-electron chi connectivity index (χ1n) is 7.56. The Morgan fingerprint density at radius 1 is 1.22 bits per heavy atom. The number of halogens is 1. The molecule has 0 radical (unpaired) electrons. The van der Waals surface area contributed by atoms with Gasteiger partial charge in [-0.25, -0.2) is 0 Å². The summed E-state index contributed by atoms with van der Waals surface area (Å²) < 4.78 is 5.45. The quantitative estimate of drug-likeness (QED) is 0.737. The average molecular weight is 349 g/mol. The molecule has 0 saturated heterocycles. The van der Waals surface area contributed by atoms with Crippen molar-refractivity contribution >= 4 is 34.6 Å². The van der Waals surface area contributed by atoms with E-state index < -0.39 is 0 Å². The van der Waals surface area contributed by atoms with Crippen LogP contribution >= 0.6 is 23.8 Å². The van der Waals surface area contributed by atoms with Crippen LogP contribution in [0.3, 0.4) is 0 Å². The van der Waals surface area contributed by atoms with Crippen molar-refractivity contribution < 1.29 is 4.74 Å². The number of nitrogens with one attached hydrogen (secondary N) is 2. The zero-order valence-electron chi connectivity index (χ0n) is 13.5. The summed E-state index contributed by atoms with van der Waals surface area (Å²) in [6, 6.07) is 13.8. The minimum atomic E-state index is 0.0881. The minimum Gasteiger partial charge on any atom is -0.494 e. The predicted molar refractivity (Wildman–Crippen MR) is 102 cm³/mol.